The molecule has 1 fully saturated rings. The van der Waals surface area contributed by atoms with Crippen molar-refractivity contribution in [2.45, 2.75) is 50.2 Å². The molecule has 0 amide bonds. The highest BCUT2D eigenvalue weighted by atomic mass is 28.3. The Labute approximate surface area is 147 Å². The number of benzene rings is 2. The molecule has 2 aromatic rings. The van der Waals surface area contributed by atoms with Gasteiger partial charge in [0.25, 0.3) is 0 Å². The molecular weight excluding hydrogens is 344 g/mol. The summed E-state index contributed by atoms with van der Waals surface area (Å²) in [6.45, 7) is 2.20. The Morgan fingerprint density at radius 2 is 1.52 bits per heavy atom. The van der Waals surface area contributed by atoms with Crippen molar-refractivity contribution in [1.82, 2.24) is 0 Å². The first-order chi connectivity index (χ1) is 12.0. The maximum absolute atomic E-state index is 14.5. The lowest BCUT2D eigenvalue weighted by Gasteiger charge is -2.28. The zero-order chi connectivity index (χ0) is 18.0. The van der Waals surface area contributed by atoms with Gasteiger partial charge in [-0.05, 0) is 54.2 Å². The molecule has 0 aliphatic carbocycles. The molecule has 5 heteroatoms. The van der Waals surface area contributed by atoms with Crippen LogP contribution in [0.5, 0.6) is 0 Å². The van der Waals surface area contributed by atoms with Crippen LogP contribution in [0.25, 0.3) is 11.1 Å². The van der Waals surface area contributed by atoms with Gasteiger partial charge < -0.3 is 0 Å². The van der Waals surface area contributed by atoms with Crippen LogP contribution in [0, 0.1) is 23.3 Å². The van der Waals surface area contributed by atoms with Crippen LogP contribution in [0.1, 0.15) is 37.7 Å². The van der Waals surface area contributed by atoms with Crippen molar-refractivity contribution in [3.63, 3.8) is 0 Å². The summed E-state index contributed by atoms with van der Waals surface area (Å²) in [5.41, 5.74) is 0.394. The highest BCUT2D eigenvalue weighted by Gasteiger charge is 2.25. The van der Waals surface area contributed by atoms with Gasteiger partial charge in [-0.25, -0.2) is 17.6 Å². The Hall–Kier alpha value is -1.62. The van der Waals surface area contributed by atoms with Gasteiger partial charge in [0, 0.05) is 8.80 Å². The van der Waals surface area contributed by atoms with E-state index in [2.05, 4.69) is 6.92 Å². The van der Waals surface area contributed by atoms with Crippen LogP contribution in [-0.4, -0.2) is 8.80 Å². The average Bonchev–Trinajstić information content (AvgIpc) is 2.58. The quantitative estimate of drug-likeness (QED) is 0.418. The van der Waals surface area contributed by atoms with Crippen LogP contribution in [-0.2, 0) is 0 Å². The van der Waals surface area contributed by atoms with E-state index in [0.717, 1.165) is 25.0 Å². The third-order valence-electron chi connectivity index (χ3n) is 5.04. The number of hydrogen-bond donors (Lipinski definition) is 0. The second-order valence-corrected chi connectivity index (χ2v) is 9.76. The number of rotatable bonds is 4. The van der Waals surface area contributed by atoms with Gasteiger partial charge in [0.1, 0.15) is 11.6 Å². The summed E-state index contributed by atoms with van der Waals surface area (Å²) in [5, 5.41) is 0. The van der Waals surface area contributed by atoms with E-state index in [1.165, 1.54) is 42.8 Å². The molecule has 0 bridgehead atoms. The van der Waals surface area contributed by atoms with E-state index >= 15 is 0 Å². The number of halogens is 4. The minimum Gasteiger partial charge on any atom is -0.206 e. The Kier molecular flexibility index (Phi) is 5.62. The first-order valence-corrected chi connectivity index (χ1v) is 10.9. The molecule has 0 saturated carbocycles. The van der Waals surface area contributed by atoms with Crippen molar-refractivity contribution in [3.05, 3.63) is 59.2 Å². The minimum absolute atomic E-state index is 0.0116. The SMILES string of the molecule is CCC[Si]1CCC(c2cc(F)c(-c3ccc(F)c(F)c3)c(F)c2)CC1. The molecule has 25 heavy (non-hydrogen) atoms. The van der Waals surface area contributed by atoms with E-state index in [4.69, 9.17) is 0 Å². The Morgan fingerprint density at radius 3 is 2.08 bits per heavy atom. The molecule has 0 nitrogen and oxygen atoms in total. The molecule has 3 rings (SSSR count). The minimum atomic E-state index is -1.11. The summed E-state index contributed by atoms with van der Waals surface area (Å²) < 4.78 is 55.5. The van der Waals surface area contributed by atoms with Gasteiger partial charge in [-0.3, -0.25) is 0 Å². The average molecular weight is 365 g/mol. The molecule has 0 spiro atoms. The highest BCUT2D eigenvalue weighted by Crippen LogP contribution is 2.37. The van der Waals surface area contributed by atoms with Crippen LogP contribution in [0.2, 0.25) is 18.1 Å². The van der Waals surface area contributed by atoms with E-state index in [1.807, 2.05) is 0 Å². The van der Waals surface area contributed by atoms with Gasteiger partial charge >= 0.3 is 0 Å². The second kappa shape index (κ2) is 7.73. The summed E-state index contributed by atoms with van der Waals surface area (Å²) in [6, 6.07) is 9.33. The van der Waals surface area contributed by atoms with Gasteiger partial charge in [-0.15, -0.1) is 0 Å². The van der Waals surface area contributed by atoms with E-state index in [0.29, 0.717) is 5.56 Å². The molecule has 0 atom stereocenters. The van der Waals surface area contributed by atoms with Gasteiger partial charge in [0.05, 0.1) is 5.56 Å². The normalized spacial score (nSPS) is 16.4. The smallest absolute Gasteiger partial charge is 0.159 e. The first kappa shape index (κ1) is 18.2. The van der Waals surface area contributed by atoms with Gasteiger partial charge in [0.15, 0.2) is 11.6 Å². The van der Waals surface area contributed by atoms with Crippen LogP contribution in [0.4, 0.5) is 17.6 Å². The van der Waals surface area contributed by atoms with Gasteiger partial charge in [-0.1, -0.05) is 37.5 Å². The standard InChI is InChI=1S/C20H21F4Si/c1-2-7-25-8-5-13(6-9-25)15-11-18(23)20(19(24)12-15)14-3-4-16(21)17(22)10-14/h3-4,10-13H,2,5-9H2,1H3. The summed E-state index contributed by atoms with van der Waals surface area (Å²) in [7, 11) is -0.283. The fourth-order valence-corrected chi connectivity index (χ4v) is 6.69. The van der Waals surface area contributed by atoms with Crippen molar-refractivity contribution < 1.29 is 17.6 Å². The fraction of sp³-hybridized carbons (Fsp3) is 0.400. The van der Waals surface area contributed by atoms with E-state index in [1.54, 1.807) is 0 Å². The lowest BCUT2D eigenvalue weighted by molar-refractivity contribution is 0.508. The van der Waals surface area contributed by atoms with Crippen LogP contribution < -0.4 is 0 Å². The second-order valence-electron chi connectivity index (χ2n) is 6.76. The molecule has 1 saturated heterocycles. The summed E-state index contributed by atoms with van der Waals surface area (Å²) in [5.74, 6) is -3.39. The Bertz CT molecular complexity index is 728. The van der Waals surface area contributed by atoms with Gasteiger partial charge in [-0.2, -0.15) is 0 Å². The molecule has 0 unspecified atom stereocenters. The first-order valence-electron chi connectivity index (χ1n) is 8.77. The molecule has 0 aromatic heterocycles. The van der Waals surface area contributed by atoms with Crippen LogP contribution in [0.3, 0.4) is 0 Å². The zero-order valence-electron chi connectivity index (χ0n) is 14.2. The number of hydrogen-bond acceptors (Lipinski definition) is 0. The maximum atomic E-state index is 14.5. The monoisotopic (exact) mass is 365 g/mol. The fourth-order valence-electron chi connectivity index (χ4n) is 3.72. The van der Waals surface area contributed by atoms with E-state index in [-0.39, 0.29) is 25.8 Å². The van der Waals surface area contributed by atoms with Crippen LogP contribution >= 0.6 is 0 Å². The van der Waals surface area contributed by atoms with Crippen molar-refractivity contribution in [2.75, 3.05) is 0 Å². The Morgan fingerprint density at radius 1 is 0.880 bits per heavy atom. The third kappa shape index (κ3) is 3.97. The van der Waals surface area contributed by atoms with Crippen molar-refractivity contribution in [3.8, 4) is 11.1 Å². The molecule has 1 aliphatic heterocycles. The molecule has 133 valence electrons. The van der Waals surface area contributed by atoms with Gasteiger partial charge in [0.2, 0.25) is 0 Å². The zero-order valence-corrected chi connectivity index (χ0v) is 15.2. The highest BCUT2D eigenvalue weighted by molar-refractivity contribution is 6.59. The lowest BCUT2D eigenvalue weighted by atomic mass is 9.91. The summed E-state index contributed by atoms with van der Waals surface area (Å²) >= 11 is 0. The molecule has 1 aliphatic rings. The van der Waals surface area contributed by atoms with E-state index < -0.39 is 23.3 Å². The molecule has 0 N–H and O–H groups in total. The van der Waals surface area contributed by atoms with E-state index in [9.17, 15) is 17.6 Å². The third-order valence-corrected chi connectivity index (χ3v) is 8.24. The molecule has 2 aromatic carbocycles. The summed E-state index contributed by atoms with van der Waals surface area (Å²) in [4.78, 5) is 0. The van der Waals surface area contributed by atoms with Crippen molar-refractivity contribution in [2.24, 2.45) is 0 Å². The lowest BCUT2D eigenvalue weighted by Crippen LogP contribution is -2.20. The predicted molar refractivity (Wildman–Crippen MR) is 94.2 cm³/mol. The topological polar surface area (TPSA) is 0 Å². The molecule has 1 radical (unpaired) electrons. The largest absolute Gasteiger partial charge is 0.206 e. The molecular formula is C20H21F4Si. The Balaban J connectivity index is 1.84. The summed E-state index contributed by atoms with van der Waals surface area (Å²) in [6.07, 6.45) is 3.18. The molecule has 1 heterocycles. The van der Waals surface area contributed by atoms with Crippen LogP contribution in [0.15, 0.2) is 30.3 Å². The maximum Gasteiger partial charge on any atom is 0.159 e. The predicted octanol–water partition coefficient (Wildman–Crippen LogP) is 6.69. The van der Waals surface area contributed by atoms with Crippen molar-refractivity contribution in [1.29, 1.82) is 0 Å². The van der Waals surface area contributed by atoms with Crippen molar-refractivity contribution >= 4 is 8.80 Å².